The zero-order chi connectivity index (χ0) is 32.9. The summed E-state index contributed by atoms with van der Waals surface area (Å²) in [6, 6.07) is 13.7. The van der Waals surface area contributed by atoms with Gasteiger partial charge in [-0.2, -0.15) is 5.10 Å². The number of aryl methyl sites for hydroxylation is 2. The summed E-state index contributed by atoms with van der Waals surface area (Å²) in [6.07, 6.45) is -0.462. The van der Waals surface area contributed by atoms with Gasteiger partial charge in [-0.05, 0) is 71.2 Å². The lowest BCUT2D eigenvalue weighted by Crippen LogP contribution is -2.51. The molecule has 4 rings (SSSR count). The summed E-state index contributed by atoms with van der Waals surface area (Å²) in [5, 5.41) is 13.9. The van der Waals surface area contributed by atoms with Crippen molar-refractivity contribution in [1.82, 2.24) is 35.0 Å². The van der Waals surface area contributed by atoms with Crippen molar-refractivity contribution in [3.63, 3.8) is 0 Å². The Morgan fingerprint density at radius 2 is 1.69 bits per heavy atom. The number of rotatable bonds is 11. The molecule has 12 heteroatoms. The number of aromatic nitrogens is 3. The van der Waals surface area contributed by atoms with Crippen LogP contribution in [-0.4, -0.2) is 97.8 Å². The van der Waals surface area contributed by atoms with E-state index in [1.807, 2.05) is 83.8 Å². The SMILES string of the molecule is Cc1nc(-c2ccc(C)c(NCC(=O)N(CCN(C(=O)OC(C)(C)C)C(C)C)CC(=O)N(C)N3Cc4ccccc4C3)c2)n[nH]1. The molecule has 0 saturated carbocycles. The minimum absolute atomic E-state index is 0.0441. The van der Waals surface area contributed by atoms with Crippen LogP contribution in [0.25, 0.3) is 11.4 Å². The highest BCUT2D eigenvalue weighted by molar-refractivity contribution is 5.87. The van der Waals surface area contributed by atoms with Crippen LogP contribution in [0.15, 0.2) is 42.5 Å². The number of fused-ring (bicyclic) bond motifs is 1. The first-order valence-corrected chi connectivity index (χ1v) is 15.3. The van der Waals surface area contributed by atoms with E-state index in [9.17, 15) is 14.4 Å². The predicted octanol–water partition coefficient (Wildman–Crippen LogP) is 4.36. The highest BCUT2D eigenvalue weighted by atomic mass is 16.6. The van der Waals surface area contributed by atoms with E-state index in [2.05, 4.69) is 32.6 Å². The van der Waals surface area contributed by atoms with Crippen molar-refractivity contribution in [2.24, 2.45) is 0 Å². The van der Waals surface area contributed by atoms with Gasteiger partial charge in [-0.1, -0.05) is 36.4 Å². The number of anilines is 1. The Kier molecular flexibility index (Phi) is 10.5. The molecular formula is C33H46N8O4. The van der Waals surface area contributed by atoms with Gasteiger partial charge in [-0.15, -0.1) is 0 Å². The molecule has 0 radical (unpaired) electrons. The van der Waals surface area contributed by atoms with E-state index in [1.165, 1.54) is 16.0 Å². The summed E-state index contributed by atoms with van der Waals surface area (Å²) < 4.78 is 5.62. The Labute approximate surface area is 265 Å². The van der Waals surface area contributed by atoms with Crippen molar-refractivity contribution in [3.8, 4) is 11.4 Å². The van der Waals surface area contributed by atoms with Gasteiger partial charge in [0.15, 0.2) is 5.82 Å². The first-order chi connectivity index (χ1) is 21.2. The Balaban J connectivity index is 1.48. The van der Waals surface area contributed by atoms with Crippen molar-refractivity contribution in [3.05, 3.63) is 65.0 Å². The van der Waals surface area contributed by atoms with Crippen molar-refractivity contribution >= 4 is 23.6 Å². The molecule has 0 aliphatic carbocycles. The third-order valence-corrected chi connectivity index (χ3v) is 7.67. The molecule has 45 heavy (non-hydrogen) atoms. The smallest absolute Gasteiger partial charge is 0.410 e. The van der Waals surface area contributed by atoms with Gasteiger partial charge in [-0.3, -0.25) is 19.7 Å². The van der Waals surface area contributed by atoms with Crippen LogP contribution < -0.4 is 5.32 Å². The van der Waals surface area contributed by atoms with Gasteiger partial charge in [0.05, 0.1) is 6.54 Å². The molecule has 0 atom stereocenters. The number of carbonyl (C=O) groups is 3. The molecule has 242 valence electrons. The Morgan fingerprint density at radius 1 is 1.02 bits per heavy atom. The fraction of sp³-hybridized carbons (Fsp3) is 0.485. The topological polar surface area (TPSA) is 127 Å². The fourth-order valence-electron chi connectivity index (χ4n) is 5.06. The number of hydrazine groups is 1. The molecule has 2 aromatic carbocycles. The highest BCUT2D eigenvalue weighted by Crippen LogP contribution is 2.24. The molecule has 2 N–H and O–H groups in total. The molecular weight excluding hydrogens is 572 g/mol. The standard InChI is InChI=1S/C33H46N8O4/c1-22(2)41(32(44)45-33(5,6)7)16-15-39(21-30(43)38(8)40-19-26-11-9-10-12-27(26)20-40)29(42)18-34-28-17-25(14-13-23(28)3)31-35-24(4)36-37-31/h9-14,17,22,34H,15-16,18-21H2,1-8H3,(H,35,36,37). The van der Waals surface area contributed by atoms with E-state index in [0.29, 0.717) is 24.7 Å². The van der Waals surface area contributed by atoms with Crippen molar-refractivity contribution in [2.45, 2.75) is 73.2 Å². The minimum Gasteiger partial charge on any atom is -0.444 e. The monoisotopic (exact) mass is 618 g/mol. The maximum atomic E-state index is 13.7. The van der Waals surface area contributed by atoms with Crippen LogP contribution in [0.2, 0.25) is 0 Å². The van der Waals surface area contributed by atoms with E-state index in [1.54, 1.807) is 17.0 Å². The minimum atomic E-state index is -0.661. The molecule has 3 aromatic rings. The number of carbonyl (C=O) groups excluding carboxylic acids is 3. The zero-order valence-corrected chi connectivity index (χ0v) is 27.7. The number of aromatic amines is 1. The lowest BCUT2D eigenvalue weighted by molar-refractivity contribution is -0.151. The molecule has 0 fully saturated rings. The summed E-state index contributed by atoms with van der Waals surface area (Å²) in [5.74, 6) is 0.785. The van der Waals surface area contributed by atoms with E-state index in [0.717, 1.165) is 16.8 Å². The average Bonchev–Trinajstić information content (AvgIpc) is 3.60. The molecule has 1 aliphatic heterocycles. The van der Waals surface area contributed by atoms with Gasteiger partial charge < -0.3 is 19.9 Å². The van der Waals surface area contributed by atoms with Crippen molar-refractivity contribution < 1.29 is 19.1 Å². The highest BCUT2D eigenvalue weighted by Gasteiger charge is 2.29. The average molecular weight is 619 g/mol. The van der Waals surface area contributed by atoms with Gasteiger partial charge >= 0.3 is 6.09 Å². The Hall–Kier alpha value is -4.45. The number of H-pyrrole nitrogens is 1. The molecule has 0 unspecified atom stereocenters. The second kappa shape index (κ2) is 14.1. The lowest BCUT2D eigenvalue weighted by Gasteiger charge is -2.33. The number of hydrogen-bond acceptors (Lipinski definition) is 8. The number of likely N-dealkylation sites (N-methyl/N-ethyl adjacent to an activating group) is 1. The number of nitrogens with one attached hydrogen (secondary N) is 2. The van der Waals surface area contributed by atoms with Crippen LogP contribution in [0.3, 0.4) is 0 Å². The van der Waals surface area contributed by atoms with E-state index in [4.69, 9.17) is 4.74 Å². The molecule has 0 bridgehead atoms. The zero-order valence-electron chi connectivity index (χ0n) is 27.7. The Bertz CT molecular complexity index is 1490. The van der Waals surface area contributed by atoms with Crippen molar-refractivity contribution in [2.75, 3.05) is 38.5 Å². The van der Waals surface area contributed by atoms with E-state index >= 15 is 0 Å². The summed E-state index contributed by atoms with van der Waals surface area (Å²) in [4.78, 5) is 47.8. The molecule has 0 spiro atoms. The second-order valence-electron chi connectivity index (χ2n) is 12.7. The van der Waals surface area contributed by atoms with Crippen LogP contribution in [0.4, 0.5) is 10.5 Å². The molecule has 0 saturated heterocycles. The number of ether oxygens (including phenoxy) is 1. The van der Waals surface area contributed by atoms with E-state index in [-0.39, 0.29) is 44.0 Å². The van der Waals surface area contributed by atoms with Crippen LogP contribution in [0, 0.1) is 13.8 Å². The molecule has 1 aliphatic rings. The molecule has 3 amide bonds. The maximum Gasteiger partial charge on any atom is 0.410 e. The third-order valence-electron chi connectivity index (χ3n) is 7.67. The number of amides is 3. The lowest BCUT2D eigenvalue weighted by atomic mass is 10.1. The van der Waals surface area contributed by atoms with Crippen LogP contribution in [0.5, 0.6) is 0 Å². The third kappa shape index (κ3) is 8.81. The fourth-order valence-corrected chi connectivity index (χ4v) is 5.06. The van der Waals surface area contributed by atoms with Crippen LogP contribution >= 0.6 is 0 Å². The molecule has 12 nitrogen and oxygen atoms in total. The van der Waals surface area contributed by atoms with E-state index < -0.39 is 11.7 Å². The van der Waals surface area contributed by atoms with Crippen LogP contribution in [-0.2, 0) is 27.4 Å². The normalized spacial score (nSPS) is 13.0. The number of benzene rings is 2. The van der Waals surface area contributed by atoms with Crippen molar-refractivity contribution in [1.29, 1.82) is 0 Å². The second-order valence-corrected chi connectivity index (χ2v) is 12.7. The van der Waals surface area contributed by atoms with Gasteiger partial charge in [0.1, 0.15) is 18.0 Å². The van der Waals surface area contributed by atoms with Gasteiger partial charge in [0.25, 0.3) is 5.91 Å². The summed E-state index contributed by atoms with van der Waals surface area (Å²) in [5.41, 5.74) is 4.22. The Morgan fingerprint density at radius 3 is 2.27 bits per heavy atom. The van der Waals surface area contributed by atoms with Gasteiger partial charge in [0.2, 0.25) is 5.91 Å². The van der Waals surface area contributed by atoms with Gasteiger partial charge in [-0.25, -0.2) is 14.8 Å². The first-order valence-electron chi connectivity index (χ1n) is 15.3. The summed E-state index contributed by atoms with van der Waals surface area (Å²) in [7, 11) is 1.73. The summed E-state index contributed by atoms with van der Waals surface area (Å²) in [6.45, 7) is 14.4. The number of hydrogen-bond donors (Lipinski definition) is 2. The number of nitrogens with zero attached hydrogens (tertiary/aromatic N) is 6. The first kappa shape index (κ1) is 33.4. The maximum absolute atomic E-state index is 13.7. The summed E-state index contributed by atoms with van der Waals surface area (Å²) >= 11 is 0. The van der Waals surface area contributed by atoms with Gasteiger partial charge in [0, 0.05) is 50.5 Å². The quantitative estimate of drug-likeness (QED) is 0.325. The largest absolute Gasteiger partial charge is 0.444 e. The van der Waals surface area contributed by atoms with Crippen LogP contribution in [0.1, 0.15) is 57.1 Å². The molecule has 2 heterocycles. The molecule has 1 aromatic heterocycles. The predicted molar refractivity (Wildman–Crippen MR) is 173 cm³/mol.